The molecule has 0 N–H and O–H groups in total. The molecule has 0 amide bonds. The number of benzene rings is 1. The minimum Gasteiger partial charge on any atom is -0.298 e. The first-order valence-electron chi connectivity index (χ1n) is 4.75. The summed E-state index contributed by atoms with van der Waals surface area (Å²) in [4.78, 5) is 10.6. The van der Waals surface area contributed by atoms with Crippen LogP contribution in [0.5, 0.6) is 0 Å². The van der Waals surface area contributed by atoms with E-state index < -0.39 is 0 Å². The first-order valence-corrected chi connectivity index (χ1v) is 4.75. The fourth-order valence-electron chi connectivity index (χ4n) is 1.46. The standard InChI is InChI=1S/C12H9N3O/c1-9-6-14-15(7-9)12-3-2-10(8-16)4-11(12)5-13/h2-4,6-8H,1H3. The Balaban J connectivity index is 2.57. The Labute approximate surface area is 92.7 Å². The predicted molar refractivity (Wildman–Crippen MR) is 58.4 cm³/mol. The summed E-state index contributed by atoms with van der Waals surface area (Å²) in [6.45, 7) is 1.93. The van der Waals surface area contributed by atoms with Gasteiger partial charge in [-0.15, -0.1) is 0 Å². The third-order valence-corrected chi connectivity index (χ3v) is 2.24. The molecule has 78 valence electrons. The zero-order valence-corrected chi connectivity index (χ0v) is 8.71. The highest BCUT2D eigenvalue weighted by molar-refractivity contribution is 5.76. The lowest BCUT2D eigenvalue weighted by Crippen LogP contribution is -1.98. The molecular weight excluding hydrogens is 202 g/mol. The van der Waals surface area contributed by atoms with E-state index in [1.165, 1.54) is 0 Å². The van der Waals surface area contributed by atoms with Crippen LogP contribution >= 0.6 is 0 Å². The van der Waals surface area contributed by atoms with Crippen LogP contribution in [0.25, 0.3) is 5.69 Å². The van der Waals surface area contributed by atoms with E-state index in [0.29, 0.717) is 16.8 Å². The first kappa shape index (κ1) is 10.1. The van der Waals surface area contributed by atoms with Crippen molar-refractivity contribution in [3.8, 4) is 11.8 Å². The Bertz CT molecular complexity index is 578. The van der Waals surface area contributed by atoms with Gasteiger partial charge in [-0.25, -0.2) is 4.68 Å². The second kappa shape index (κ2) is 3.99. The number of nitrogens with zero attached hydrogens (tertiary/aromatic N) is 3. The largest absolute Gasteiger partial charge is 0.298 e. The molecular formula is C12H9N3O. The van der Waals surface area contributed by atoms with E-state index in [2.05, 4.69) is 11.2 Å². The van der Waals surface area contributed by atoms with Crippen LogP contribution in [0.2, 0.25) is 0 Å². The Kier molecular flexibility index (Phi) is 2.52. The summed E-state index contributed by atoms with van der Waals surface area (Å²) in [5, 5.41) is 13.1. The molecule has 0 aliphatic rings. The van der Waals surface area contributed by atoms with Gasteiger partial charge >= 0.3 is 0 Å². The lowest BCUT2D eigenvalue weighted by Gasteiger charge is -2.03. The fourth-order valence-corrected chi connectivity index (χ4v) is 1.46. The summed E-state index contributed by atoms with van der Waals surface area (Å²) in [6, 6.07) is 7.00. The van der Waals surface area contributed by atoms with Gasteiger partial charge in [-0.05, 0) is 30.7 Å². The molecule has 0 radical (unpaired) electrons. The maximum atomic E-state index is 10.6. The summed E-state index contributed by atoms with van der Waals surface area (Å²) in [6.07, 6.45) is 4.27. The maximum Gasteiger partial charge on any atom is 0.150 e. The van der Waals surface area contributed by atoms with E-state index in [9.17, 15) is 4.79 Å². The molecule has 0 aliphatic heterocycles. The zero-order valence-electron chi connectivity index (χ0n) is 8.71. The molecule has 0 bridgehead atoms. The van der Waals surface area contributed by atoms with Crippen molar-refractivity contribution >= 4 is 6.29 Å². The van der Waals surface area contributed by atoms with Gasteiger partial charge in [0.1, 0.15) is 12.4 Å². The van der Waals surface area contributed by atoms with Gasteiger partial charge in [0.15, 0.2) is 0 Å². The highest BCUT2D eigenvalue weighted by atomic mass is 16.1. The summed E-state index contributed by atoms with van der Waals surface area (Å²) >= 11 is 0. The number of hydrogen-bond acceptors (Lipinski definition) is 3. The fraction of sp³-hybridized carbons (Fsp3) is 0.0833. The van der Waals surface area contributed by atoms with Crippen molar-refractivity contribution in [2.75, 3.05) is 0 Å². The van der Waals surface area contributed by atoms with Crippen LogP contribution in [0.15, 0.2) is 30.6 Å². The number of hydrogen-bond donors (Lipinski definition) is 0. The highest BCUT2D eigenvalue weighted by Gasteiger charge is 2.06. The van der Waals surface area contributed by atoms with Gasteiger partial charge in [-0.3, -0.25) is 4.79 Å². The number of nitriles is 1. The van der Waals surface area contributed by atoms with E-state index >= 15 is 0 Å². The number of carbonyl (C=O) groups is 1. The number of aryl methyl sites for hydroxylation is 1. The summed E-state index contributed by atoms with van der Waals surface area (Å²) < 4.78 is 1.63. The molecule has 0 saturated carbocycles. The molecule has 0 saturated heterocycles. The molecule has 1 aromatic carbocycles. The Morgan fingerprint density at radius 1 is 1.50 bits per heavy atom. The van der Waals surface area contributed by atoms with Crippen LogP contribution in [-0.4, -0.2) is 16.1 Å². The van der Waals surface area contributed by atoms with Crippen molar-refractivity contribution in [3.63, 3.8) is 0 Å². The molecule has 0 atom stereocenters. The lowest BCUT2D eigenvalue weighted by molar-refractivity contribution is 0.112. The van der Waals surface area contributed by atoms with Crippen molar-refractivity contribution in [1.29, 1.82) is 5.26 Å². The summed E-state index contributed by atoms with van der Waals surface area (Å²) in [5.74, 6) is 0. The lowest BCUT2D eigenvalue weighted by atomic mass is 10.1. The quantitative estimate of drug-likeness (QED) is 0.712. The van der Waals surface area contributed by atoms with E-state index in [1.54, 1.807) is 29.1 Å². The number of aldehydes is 1. The average molecular weight is 211 g/mol. The number of carbonyl (C=O) groups excluding carboxylic acids is 1. The minimum absolute atomic E-state index is 0.438. The Morgan fingerprint density at radius 3 is 2.88 bits per heavy atom. The third-order valence-electron chi connectivity index (χ3n) is 2.24. The van der Waals surface area contributed by atoms with E-state index in [-0.39, 0.29) is 0 Å². The first-order chi connectivity index (χ1) is 7.74. The van der Waals surface area contributed by atoms with Gasteiger partial charge in [0.25, 0.3) is 0 Å². The molecule has 0 aliphatic carbocycles. The highest BCUT2D eigenvalue weighted by Crippen LogP contribution is 2.15. The van der Waals surface area contributed by atoms with Crippen molar-refractivity contribution in [3.05, 3.63) is 47.3 Å². The second-order valence-corrected chi connectivity index (χ2v) is 3.47. The van der Waals surface area contributed by atoms with Crippen molar-refractivity contribution in [2.24, 2.45) is 0 Å². The Hall–Kier alpha value is -2.41. The normalized spacial score (nSPS) is 9.75. The van der Waals surface area contributed by atoms with E-state index in [1.807, 2.05) is 13.1 Å². The van der Waals surface area contributed by atoms with Crippen molar-refractivity contribution < 1.29 is 4.79 Å². The van der Waals surface area contributed by atoms with Crippen molar-refractivity contribution in [2.45, 2.75) is 6.92 Å². The second-order valence-electron chi connectivity index (χ2n) is 3.47. The molecule has 0 spiro atoms. The minimum atomic E-state index is 0.438. The van der Waals surface area contributed by atoms with Crippen LogP contribution in [0, 0.1) is 18.3 Å². The Morgan fingerprint density at radius 2 is 2.31 bits per heavy atom. The summed E-state index contributed by atoms with van der Waals surface area (Å²) in [7, 11) is 0. The molecule has 4 nitrogen and oxygen atoms in total. The van der Waals surface area contributed by atoms with Crippen LogP contribution in [0.4, 0.5) is 0 Å². The van der Waals surface area contributed by atoms with Crippen LogP contribution < -0.4 is 0 Å². The number of rotatable bonds is 2. The van der Waals surface area contributed by atoms with Gasteiger partial charge in [0, 0.05) is 11.8 Å². The van der Waals surface area contributed by atoms with Crippen molar-refractivity contribution in [1.82, 2.24) is 9.78 Å². The molecule has 2 rings (SSSR count). The van der Waals surface area contributed by atoms with Gasteiger partial charge < -0.3 is 0 Å². The summed E-state index contributed by atoms with van der Waals surface area (Å²) in [5.41, 5.74) is 2.63. The molecule has 16 heavy (non-hydrogen) atoms. The molecule has 2 aromatic rings. The molecule has 4 heteroatoms. The topological polar surface area (TPSA) is 58.7 Å². The third kappa shape index (κ3) is 1.71. The van der Waals surface area contributed by atoms with Gasteiger partial charge in [0.05, 0.1) is 17.4 Å². The van der Waals surface area contributed by atoms with E-state index in [0.717, 1.165) is 11.8 Å². The smallest absolute Gasteiger partial charge is 0.150 e. The van der Waals surface area contributed by atoms with Crippen LogP contribution in [0.1, 0.15) is 21.5 Å². The van der Waals surface area contributed by atoms with Gasteiger partial charge in [0.2, 0.25) is 0 Å². The molecule has 1 aromatic heterocycles. The van der Waals surface area contributed by atoms with Crippen LogP contribution in [-0.2, 0) is 0 Å². The molecule has 0 fully saturated rings. The van der Waals surface area contributed by atoms with Crippen LogP contribution in [0.3, 0.4) is 0 Å². The average Bonchev–Trinajstić information content (AvgIpc) is 2.74. The zero-order chi connectivity index (χ0) is 11.5. The maximum absolute atomic E-state index is 10.6. The predicted octanol–water partition coefficient (Wildman–Crippen LogP) is 1.86. The monoisotopic (exact) mass is 211 g/mol. The molecule has 1 heterocycles. The number of aromatic nitrogens is 2. The van der Waals surface area contributed by atoms with E-state index in [4.69, 9.17) is 5.26 Å². The van der Waals surface area contributed by atoms with Gasteiger partial charge in [-0.2, -0.15) is 10.4 Å². The molecule has 0 unspecified atom stereocenters. The van der Waals surface area contributed by atoms with Gasteiger partial charge in [-0.1, -0.05) is 0 Å². The SMILES string of the molecule is Cc1cnn(-c2ccc(C=O)cc2C#N)c1.